The molecule has 0 bridgehead atoms. The number of rotatable bonds is 6. The van der Waals surface area contributed by atoms with Crippen molar-refractivity contribution in [2.24, 2.45) is 0 Å². The topological polar surface area (TPSA) is 6.48 Å². The zero-order valence-corrected chi connectivity index (χ0v) is 37.1. The molecule has 0 radical (unpaired) electrons. The lowest BCUT2D eigenvalue weighted by atomic mass is 9.81. The zero-order chi connectivity index (χ0) is 43.6. The van der Waals surface area contributed by atoms with Crippen LogP contribution in [0.25, 0.3) is 73.0 Å². The largest absolute Gasteiger partial charge is 0.309 e. The van der Waals surface area contributed by atoms with Gasteiger partial charge in [0, 0.05) is 58.8 Å². The summed E-state index contributed by atoms with van der Waals surface area (Å²) in [7, 11) is 0. The fraction of sp³-hybridized carbons (Fsp3) is 0.0508. The molecule has 0 unspecified atom stereocenters. The number of thiophene rings is 2. The number of benzene rings is 10. The first kappa shape index (κ1) is 38.1. The molecular weight excluding hydrogens is 839 g/mol. The molecule has 10 aromatic carbocycles. The van der Waals surface area contributed by atoms with Gasteiger partial charge in [0.25, 0.3) is 0 Å². The van der Waals surface area contributed by atoms with Gasteiger partial charge in [-0.3, -0.25) is 0 Å². The SMILES string of the molecule is CC1(C)c2cc3cc(N(c4cccc(F)c4)c4cccc5c4sc4ccccc45)ccc3cc2-c2c1cc(N(c1cccc(F)c1)c1cccc3c1sc1ccccc13)c1ccccc21. The number of anilines is 6. The molecular formula is C59H38F2N2S2. The van der Waals surface area contributed by atoms with Crippen molar-refractivity contribution in [3.05, 3.63) is 217 Å². The van der Waals surface area contributed by atoms with Crippen LogP contribution in [-0.2, 0) is 5.41 Å². The highest BCUT2D eigenvalue weighted by atomic mass is 32.1. The molecule has 12 aromatic rings. The summed E-state index contributed by atoms with van der Waals surface area (Å²) >= 11 is 3.55. The molecule has 0 aliphatic heterocycles. The average Bonchev–Trinajstić information content (AvgIpc) is 3.97. The van der Waals surface area contributed by atoms with Crippen LogP contribution in [0.3, 0.4) is 0 Å². The second-order valence-electron chi connectivity index (χ2n) is 17.6. The Morgan fingerprint density at radius 2 is 0.908 bits per heavy atom. The van der Waals surface area contributed by atoms with Gasteiger partial charge in [-0.05, 0) is 129 Å². The molecule has 0 saturated carbocycles. The van der Waals surface area contributed by atoms with Gasteiger partial charge in [0.1, 0.15) is 11.6 Å². The van der Waals surface area contributed by atoms with E-state index in [0.717, 1.165) is 65.1 Å². The van der Waals surface area contributed by atoms with E-state index in [-0.39, 0.29) is 11.6 Å². The number of fused-ring (bicyclic) bond motifs is 12. The Balaban J connectivity index is 1.01. The second kappa shape index (κ2) is 14.3. The summed E-state index contributed by atoms with van der Waals surface area (Å²) in [4.78, 5) is 4.47. The Morgan fingerprint density at radius 1 is 0.385 bits per heavy atom. The fourth-order valence-corrected chi connectivity index (χ4v) is 12.9. The highest BCUT2D eigenvalue weighted by Crippen LogP contribution is 2.56. The van der Waals surface area contributed by atoms with Gasteiger partial charge < -0.3 is 9.80 Å². The van der Waals surface area contributed by atoms with E-state index in [1.54, 1.807) is 46.9 Å². The summed E-state index contributed by atoms with van der Waals surface area (Å²) in [6.45, 7) is 4.65. The van der Waals surface area contributed by atoms with Crippen molar-refractivity contribution in [2.45, 2.75) is 19.3 Å². The van der Waals surface area contributed by atoms with Crippen LogP contribution < -0.4 is 9.80 Å². The normalized spacial score (nSPS) is 13.0. The Bertz CT molecular complexity index is 3940. The van der Waals surface area contributed by atoms with Crippen molar-refractivity contribution in [3.8, 4) is 11.1 Å². The quantitative estimate of drug-likeness (QED) is 0.164. The first-order chi connectivity index (χ1) is 31.8. The summed E-state index contributed by atoms with van der Waals surface area (Å²) in [6.07, 6.45) is 0. The van der Waals surface area contributed by atoms with Crippen LogP contribution in [0.1, 0.15) is 25.0 Å². The van der Waals surface area contributed by atoms with E-state index in [1.807, 2.05) is 12.1 Å². The van der Waals surface area contributed by atoms with Crippen LogP contribution in [0.4, 0.5) is 42.9 Å². The lowest BCUT2D eigenvalue weighted by Crippen LogP contribution is -2.17. The van der Waals surface area contributed by atoms with Gasteiger partial charge >= 0.3 is 0 Å². The van der Waals surface area contributed by atoms with E-state index in [0.29, 0.717) is 0 Å². The molecule has 13 rings (SSSR count). The minimum Gasteiger partial charge on any atom is -0.309 e. The molecule has 0 fully saturated rings. The summed E-state index contributed by atoms with van der Waals surface area (Å²) in [5.41, 5.74) is 10.0. The lowest BCUT2D eigenvalue weighted by molar-refractivity contribution is 0.627. The molecule has 2 nitrogen and oxygen atoms in total. The van der Waals surface area contributed by atoms with Crippen LogP contribution in [-0.4, -0.2) is 0 Å². The molecule has 2 heterocycles. The molecule has 0 amide bonds. The Hall–Kier alpha value is -7.38. The van der Waals surface area contributed by atoms with E-state index in [1.165, 1.54) is 65.3 Å². The van der Waals surface area contributed by atoms with Gasteiger partial charge in [0.05, 0.1) is 26.5 Å². The van der Waals surface area contributed by atoms with Crippen molar-refractivity contribution >= 4 is 119 Å². The average molecular weight is 877 g/mol. The second-order valence-corrected chi connectivity index (χ2v) is 19.7. The van der Waals surface area contributed by atoms with Crippen molar-refractivity contribution < 1.29 is 8.78 Å². The van der Waals surface area contributed by atoms with Crippen LogP contribution in [0, 0.1) is 11.6 Å². The van der Waals surface area contributed by atoms with Crippen molar-refractivity contribution in [1.82, 2.24) is 0 Å². The minimum atomic E-state index is -0.393. The van der Waals surface area contributed by atoms with E-state index >= 15 is 8.78 Å². The van der Waals surface area contributed by atoms with E-state index in [2.05, 4.69) is 169 Å². The van der Waals surface area contributed by atoms with Gasteiger partial charge in [-0.25, -0.2) is 8.78 Å². The van der Waals surface area contributed by atoms with Gasteiger partial charge in [-0.2, -0.15) is 0 Å². The van der Waals surface area contributed by atoms with Crippen LogP contribution in [0.2, 0.25) is 0 Å². The molecule has 0 saturated heterocycles. The fourth-order valence-electron chi connectivity index (χ4n) is 10.5. The lowest BCUT2D eigenvalue weighted by Gasteiger charge is -2.30. The van der Waals surface area contributed by atoms with Crippen LogP contribution in [0.15, 0.2) is 194 Å². The molecule has 1 aliphatic rings. The molecule has 1 aliphatic carbocycles. The summed E-state index contributed by atoms with van der Waals surface area (Å²) < 4.78 is 35.2. The number of halogens is 2. The third-order valence-electron chi connectivity index (χ3n) is 13.5. The third-order valence-corrected chi connectivity index (χ3v) is 15.9. The Kier molecular flexibility index (Phi) is 8.39. The van der Waals surface area contributed by atoms with Gasteiger partial charge in [0.2, 0.25) is 0 Å². The summed E-state index contributed by atoms with van der Waals surface area (Å²) in [5.74, 6) is -0.561. The molecule has 2 aromatic heterocycles. The molecule has 310 valence electrons. The zero-order valence-electron chi connectivity index (χ0n) is 35.4. The van der Waals surface area contributed by atoms with E-state index in [4.69, 9.17) is 0 Å². The summed E-state index contributed by atoms with van der Waals surface area (Å²) in [5, 5.41) is 9.29. The number of hydrogen-bond acceptors (Lipinski definition) is 4. The molecule has 6 heteroatoms. The predicted octanol–water partition coefficient (Wildman–Crippen LogP) is 18.3. The van der Waals surface area contributed by atoms with Crippen LogP contribution >= 0.6 is 22.7 Å². The van der Waals surface area contributed by atoms with Gasteiger partial charge in [0.15, 0.2) is 0 Å². The monoisotopic (exact) mass is 876 g/mol. The third kappa shape index (κ3) is 5.80. The number of nitrogens with zero attached hydrogens (tertiary/aromatic N) is 2. The standard InChI is InChI=1S/C59H38F2N2S2/c1-59(2)49-31-36-29-41(62(39-15-9-13-37(60)32-39)51-23-11-21-46-43-18-5-7-25-54(43)64-57(46)51)28-27-35(36)30-48(49)56-45-20-4-3-17-42(45)53(34-50(56)59)63(40-16-10-14-38(61)33-40)52-24-12-22-47-44-19-6-8-26-55(44)65-58(47)52/h3-34H,1-2H3. The summed E-state index contributed by atoms with van der Waals surface area (Å²) in [6, 6.07) is 66.3. The first-order valence-corrected chi connectivity index (χ1v) is 23.5. The first-order valence-electron chi connectivity index (χ1n) is 21.9. The van der Waals surface area contributed by atoms with Crippen molar-refractivity contribution in [2.75, 3.05) is 9.80 Å². The highest BCUT2D eigenvalue weighted by molar-refractivity contribution is 7.26. The maximum atomic E-state index is 15.4. The van der Waals surface area contributed by atoms with Crippen molar-refractivity contribution in [1.29, 1.82) is 0 Å². The molecule has 0 spiro atoms. The minimum absolute atomic E-state index is 0.280. The van der Waals surface area contributed by atoms with E-state index in [9.17, 15) is 0 Å². The van der Waals surface area contributed by atoms with Gasteiger partial charge in [-0.15, -0.1) is 22.7 Å². The molecule has 0 N–H and O–H groups in total. The maximum Gasteiger partial charge on any atom is 0.125 e. The predicted molar refractivity (Wildman–Crippen MR) is 274 cm³/mol. The van der Waals surface area contributed by atoms with Gasteiger partial charge in [-0.1, -0.05) is 117 Å². The van der Waals surface area contributed by atoms with Crippen molar-refractivity contribution in [3.63, 3.8) is 0 Å². The molecule has 65 heavy (non-hydrogen) atoms. The van der Waals surface area contributed by atoms with Crippen LogP contribution in [0.5, 0.6) is 0 Å². The highest BCUT2D eigenvalue weighted by Gasteiger charge is 2.38. The smallest absolute Gasteiger partial charge is 0.125 e. The Labute approximate surface area is 382 Å². The molecule has 0 atom stereocenters. The van der Waals surface area contributed by atoms with E-state index < -0.39 is 5.41 Å². The Morgan fingerprint density at radius 3 is 1.54 bits per heavy atom. The number of hydrogen-bond donors (Lipinski definition) is 0. The maximum absolute atomic E-state index is 15.4.